The summed E-state index contributed by atoms with van der Waals surface area (Å²) in [6.45, 7) is 0.467. The fourth-order valence-electron chi connectivity index (χ4n) is 2.09. The van der Waals surface area contributed by atoms with Gasteiger partial charge in [0, 0.05) is 17.8 Å². The van der Waals surface area contributed by atoms with Crippen LogP contribution < -0.4 is 5.32 Å². The number of hydrogen-bond donors (Lipinski definition) is 2. The van der Waals surface area contributed by atoms with Crippen molar-refractivity contribution in [2.45, 2.75) is 6.61 Å². The fraction of sp³-hybridized carbons (Fsp3) is 0.111. The van der Waals surface area contributed by atoms with Crippen molar-refractivity contribution >= 4 is 17.1 Å². The van der Waals surface area contributed by atoms with Gasteiger partial charge in [0.2, 0.25) is 0 Å². The Hall–Kier alpha value is -3.26. The number of carbonyl (C=O) groups excluding carboxylic acids is 1. The third kappa shape index (κ3) is 3.89. The first-order valence-electron chi connectivity index (χ1n) is 7.18. The number of rotatable bonds is 3. The van der Waals surface area contributed by atoms with E-state index >= 15 is 0 Å². The van der Waals surface area contributed by atoms with Crippen molar-refractivity contribution in [1.29, 1.82) is 0 Å². The van der Waals surface area contributed by atoms with Crippen LogP contribution in [0.2, 0.25) is 0 Å². The van der Waals surface area contributed by atoms with Gasteiger partial charge in [0.1, 0.15) is 12.3 Å². The highest BCUT2D eigenvalue weighted by atomic mass is 16.5. The highest BCUT2D eigenvalue weighted by molar-refractivity contribution is 5.82. The zero-order valence-corrected chi connectivity index (χ0v) is 12.4. The van der Waals surface area contributed by atoms with E-state index in [0.717, 1.165) is 22.2 Å². The normalized spacial score (nSPS) is 9.91. The minimum atomic E-state index is -0.483. The van der Waals surface area contributed by atoms with E-state index in [1.807, 2.05) is 42.5 Å². The van der Waals surface area contributed by atoms with Gasteiger partial charge in [-0.15, -0.1) is 0 Å². The van der Waals surface area contributed by atoms with Crippen molar-refractivity contribution in [3.8, 4) is 11.8 Å². The SMILES string of the molecule is O=C(NCC#Cc1c[nH]c2ncccc12)OCc1ccccc1. The number of carbonyl (C=O) groups is 1. The van der Waals surface area contributed by atoms with E-state index in [1.165, 1.54) is 0 Å². The van der Waals surface area contributed by atoms with Crippen LogP contribution in [0.15, 0.2) is 54.9 Å². The maximum atomic E-state index is 11.6. The average molecular weight is 305 g/mol. The minimum Gasteiger partial charge on any atom is -0.445 e. The van der Waals surface area contributed by atoms with Crippen LogP contribution in [0.25, 0.3) is 11.0 Å². The van der Waals surface area contributed by atoms with E-state index in [9.17, 15) is 4.79 Å². The quantitative estimate of drug-likeness (QED) is 0.731. The number of benzene rings is 1. The van der Waals surface area contributed by atoms with Gasteiger partial charge < -0.3 is 15.0 Å². The summed E-state index contributed by atoms with van der Waals surface area (Å²) >= 11 is 0. The van der Waals surface area contributed by atoms with E-state index in [2.05, 4.69) is 27.1 Å². The van der Waals surface area contributed by atoms with Gasteiger partial charge in [0.25, 0.3) is 0 Å². The third-order valence-corrected chi connectivity index (χ3v) is 3.21. The van der Waals surface area contributed by atoms with E-state index < -0.39 is 6.09 Å². The highest BCUT2D eigenvalue weighted by Gasteiger charge is 2.01. The maximum Gasteiger partial charge on any atom is 0.408 e. The van der Waals surface area contributed by atoms with Crippen LogP contribution in [0.5, 0.6) is 0 Å². The molecule has 5 heteroatoms. The first-order valence-corrected chi connectivity index (χ1v) is 7.18. The minimum absolute atomic E-state index is 0.223. The second-order valence-corrected chi connectivity index (χ2v) is 4.82. The molecule has 0 bridgehead atoms. The Balaban J connectivity index is 1.49. The smallest absolute Gasteiger partial charge is 0.408 e. The summed E-state index contributed by atoms with van der Waals surface area (Å²) in [5.74, 6) is 5.90. The molecule has 0 atom stereocenters. The number of nitrogens with one attached hydrogen (secondary N) is 2. The van der Waals surface area contributed by atoms with Gasteiger partial charge in [-0.3, -0.25) is 0 Å². The van der Waals surface area contributed by atoms with Crippen LogP contribution in [-0.2, 0) is 11.3 Å². The van der Waals surface area contributed by atoms with Crippen molar-refractivity contribution in [3.05, 3.63) is 66.0 Å². The number of amides is 1. The molecule has 0 unspecified atom stereocenters. The lowest BCUT2D eigenvalue weighted by Crippen LogP contribution is -2.24. The molecule has 2 N–H and O–H groups in total. The van der Waals surface area contributed by atoms with Crippen LogP contribution in [0.4, 0.5) is 4.79 Å². The molecule has 1 aromatic carbocycles. The predicted molar refractivity (Wildman–Crippen MR) is 87.6 cm³/mol. The van der Waals surface area contributed by atoms with Gasteiger partial charge in [-0.1, -0.05) is 42.2 Å². The van der Waals surface area contributed by atoms with E-state index in [0.29, 0.717) is 0 Å². The van der Waals surface area contributed by atoms with E-state index in [1.54, 1.807) is 12.4 Å². The molecule has 23 heavy (non-hydrogen) atoms. The summed E-state index contributed by atoms with van der Waals surface area (Å²) in [6, 6.07) is 13.3. The van der Waals surface area contributed by atoms with Crippen molar-refractivity contribution in [1.82, 2.24) is 15.3 Å². The van der Waals surface area contributed by atoms with Crippen LogP contribution >= 0.6 is 0 Å². The Morgan fingerprint density at radius 1 is 1.22 bits per heavy atom. The molecular weight excluding hydrogens is 290 g/mol. The van der Waals surface area contributed by atoms with Gasteiger partial charge in [0.15, 0.2) is 0 Å². The van der Waals surface area contributed by atoms with Crippen molar-refractivity contribution in [3.63, 3.8) is 0 Å². The molecule has 0 fully saturated rings. The van der Waals surface area contributed by atoms with Crippen molar-refractivity contribution < 1.29 is 9.53 Å². The second kappa shape index (κ2) is 7.14. The number of aromatic amines is 1. The van der Waals surface area contributed by atoms with Crippen LogP contribution in [0.3, 0.4) is 0 Å². The molecule has 0 aliphatic heterocycles. The lowest BCUT2D eigenvalue weighted by molar-refractivity contribution is 0.141. The van der Waals surface area contributed by atoms with Crippen LogP contribution in [0.1, 0.15) is 11.1 Å². The zero-order valence-electron chi connectivity index (χ0n) is 12.4. The largest absolute Gasteiger partial charge is 0.445 e. The fourth-order valence-corrected chi connectivity index (χ4v) is 2.09. The summed E-state index contributed by atoms with van der Waals surface area (Å²) in [5.41, 5.74) is 2.60. The lowest BCUT2D eigenvalue weighted by atomic mass is 10.2. The number of ether oxygens (including phenoxy) is 1. The number of pyridine rings is 1. The molecule has 0 spiro atoms. The Bertz CT molecular complexity index is 860. The molecular formula is C18H15N3O2. The monoisotopic (exact) mass is 305 g/mol. The predicted octanol–water partition coefficient (Wildman–Crippen LogP) is 2.84. The van der Waals surface area contributed by atoms with Crippen LogP contribution in [0, 0.1) is 11.8 Å². The highest BCUT2D eigenvalue weighted by Crippen LogP contribution is 2.13. The molecule has 0 aliphatic carbocycles. The summed E-state index contributed by atoms with van der Waals surface area (Å²) in [4.78, 5) is 18.8. The molecule has 1 amide bonds. The van der Waals surface area contributed by atoms with Crippen molar-refractivity contribution in [2.24, 2.45) is 0 Å². The Labute approximate surface area is 133 Å². The molecule has 0 aliphatic rings. The average Bonchev–Trinajstić information content (AvgIpc) is 3.01. The Morgan fingerprint density at radius 2 is 2.09 bits per heavy atom. The number of nitrogens with zero attached hydrogens (tertiary/aromatic N) is 1. The number of alkyl carbamates (subject to hydrolysis) is 1. The van der Waals surface area contributed by atoms with Crippen LogP contribution in [-0.4, -0.2) is 22.6 Å². The standard InChI is InChI=1S/C18H15N3O2/c22-18(23-13-14-6-2-1-3-7-14)20-11-4-8-15-12-21-17-16(15)9-5-10-19-17/h1-3,5-7,9-10,12H,11,13H2,(H,19,21)(H,20,22). The number of aromatic nitrogens is 2. The van der Waals surface area contributed by atoms with Gasteiger partial charge in [0.05, 0.1) is 12.1 Å². The molecule has 0 saturated carbocycles. The first kappa shape index (κ1) is 14.7. The van der Waals surface area contributed by atoms with E-state index in [-0.39, 0.29) is 13.2 Å². The topological polar surface area (TPSA) is 67.0 Å². The summed E-state index contributed by atoms with van der Waals surface area (Å²) < 4.78 is 5.10. The van der Waals surface area contributed by atoms with Gasteiger partial charge in [-0.25, -0.2) is 9.78 Å². The number of H-pyrrole nitrogens is 1. The second-order valence-electron chi connectivity index (χ2n) is 4.82. The lowest BCUT2D eigenvalue weighted by Gasteiger charge is -2.04. The van der Waals surface area contributed by atoms with E-state index in [4.69, 9.17) is 4.74 Å². The summed E-state index contributed by atoms with van der Waals surface area (Å²) in [7, 11) is 0. The summed E-state index contributed by atoms with van der Waals surface area (Å²) in [5, 5.41) is 3.57. The molecule has 2 heterocycles. The van der Waals surface area contributed by atoms with Gasteiger partial charge in [-0.05, 0) is 17.7 Å². The molecule has 3 aromatic rings. The number of fused-ring (bicyclic) bond motifs is 1. The Kier molecular flexibility index (Phi) is 4.55. The Morgan fingerprint density at radius 3 is 2.96 bits per heavy atom. The molecule has 0 saturated heterocycles. The molecule has 2 aromatic heterocycles. The van der Waals surface area contributed by atoms with Crippen molar-refractivity contribution in [2.75, 3.05) is 6.54 Å². The first-order chi connectivity index (χ1) is 11.3. The molecule has 5 nitrogen and oxygen atoms in total. The third-order valence-electron chi connectivity index (χ3n) is 3.21. The number of hydrogen-bond acceptors (Lipinski definition) is 3. The van der Waals surface area contributed by atoms with Gasteiger partial charge in [-0.2, -0.15) is 0 Å². The summed E-state index contributed by atoms with van der Waals surface area (Å²) in [6.07, 6.45) is 3.04. The van der Waals surface area contributed by atoms with Gasteiger partial charge >= 0.3 is 6.09 Å². The molecule has 3 rings (SSSR count). The molecule has 114 valence electrons. The zero-order chi connectivity index (χ0) is 15.9. The molecule has 0 radical (unpaired) electrons. The maximum absolute atomic E-state index is 11.6.